The van der Waals surface area contributed by atoms with Crippen LogP contribution in [0.5, 0.6) is 0 Å². The molecule has 1 aliphatic heterocycles. The van der Waals surface area contributed by atoms with Crippen LogP contribution in [0.1, 0.15) is 26.4 Å². The Morgan fingerprint density at radius 1 is 1.19 bits per heavy atom. The van der Waals surface area contributed by atoms with Gasteiger partial charge in [0, 0.05) is 51.2 Å². The maximum atomic E-state index is 12.8. The molecule has 0 aliphatic carbocycles. The lowest BCUT2D eigenvalue weighted by Crippen LogP contribution is -2.36. The first-order chi connectivity index (χ1) is 13.0. The zero-order valence-corrected chi connectivity index (χ0v) is 15.6. The Morgan fingerprint density at radius 3 is 2.67 bits per heavy atom. The number of pyridine rings is 1. The quantitative estimate of drug-likeness (QED) is 0.872. The molecule has 0 atom stereocenters. The summed E-state index contributed by atoms with van der Waals surface area (Å²) < 4.78 is 5.38. The lowest BCUT2D eigenvalue weighted by atomic mass is 10.1. The van der Waals surface area contributed by atoms with Crippen molar-refractivity contribution in [1.82, 2.24) is 14.8 Å². The van der Waals surface area contributed by atoms with Gasteiger partial charge in [0.15, 0.2) is 0 Å². The fourth-order valence-electron chi connectivity index (χ4n) is 2.93. The highest BCUT2D eigenvalue weighted by atomic mass is 16.5. The number of nitrogens with one attached hydrogen (secondary N) is 1. The number of aromatic nitrogens is 1. The third kappa shape index (κ3) is 4.90. The molecule has 0 saturated carbocycles. The number of benzene rings is 1. The van der Waals surface area contributed by atoms with E-state index in [1.807, 2.05) is 24.3 Å². The van der Waals surface area contributed by atoms with Crippen LogP contribution in [0.15, 0.2) is 42.6 Å². The zero-order valence-electron chi connectivity index (χ0n) is 15.6. The summed E-state index contributed by atoms with van der Waals surface area (Å²) in [7, 11) is 3.33. The summed E-state index contributed by atoms with van der Waals surface area (Å²) in [6.07, 6.45) is 1.52. The molecule has 27 heavy (non-hydrogen) atoms. The number of hydrogen-bond acceptors (Lipinski definition) is 5. The third-order valence-corrected chi connectivity index (χ3v) is 4.40. The summed E-state index contributed by atoms with van der Waals surface area (Å²) in [6.45, 7) is 3.85. The lowest BCUT2D eigenvalue weighted by Gasteiger charge is -2.27. The maximum absolute atomic E-state index is 12.8. The predicted molar refractivity (Wildman–Crippen MR) is 103 cm³/mol. The normalized spacial score (nSPS) is 14.6. The standard InChI is InChI=1S/C20H24N4O3/c1-23(2)20(26)18-13-16(7-8-21-18)22-19(25)17-6-4-3-5-15(17)14-24-9-11-27-12-10-24/h3-8,13H,9-12,14H2,1-2H3,(H,21,22,25). The SMILES string of the molecule is CN(C)C(=O)c1cc(NC(=O)c2ccccc2CN2CCOCC2)ccn1. The van der Waals surface area contributed by atoms with Crippen molar-refractivity contribution in [1.29, 1.82) is 0 Å². The van der Waals surface area contributed by atoms with Crippen molar-refractivity contribution < 1.29 is 14.3 Å². The molecule has 0 radical (unpaired) electrons. The summed E-state index contributed by atoms with van der Waals surface area (Å²) in [5.41, 5.74) is 2.43. The molecule has 1 N–H and O–H groups in total. The number of morpholine rings is 1. The second-order valence-electron chi connectivity index (χ2n) is 6.63. The molecule has 1 fully saturated rings. The molecule has 2 amide bonds. The Balaban J connectivity index is 1.75. The van der Waals surface area contributed by atoms with E-state index in [1.165, 1.54) is 11.1 Å². The van der Waals surface area contributed by atoms with Gasteiger partial charge in [0.2, 0.25) is 0 Å². The minimum absolute atomic E-state index is 0.201. The van der Waals surface area contributed by atoms with E-state index < -0.39 is 0 Å². The largest absolute Gasteiger partial charge is 0.379 e. The van der Waals surface area contributed by atoms with E-state index in [-0.39, 0.29) is 11.8 Å². The van der Waals surface area contributed by atoms with E-state index in [0.29, 0.717) is 36.7 Å². The molecule has 0 spiro atoms. The average Bonchev–Trinajstić information content (AvgIpc) is 2.68. The zero-order chi connectivity index (χ0) is 19.2. The smallest absolute Gasteiger partial charge is 0.272 e. The fraction of sp³-hybridized carbons (Fsp3) is 0.350. The Morgan fingerprint density at radius 2 is 1.93 bits per heavy atom. The van der Waals surface area contributed by atoms with Gasteiger partial charge in [0.05, 0.1) is 13.2 Å². The monoisotopic (exact) mass is 368 g/mol. The number of carbonyl (C=O) groups excluding carboxylic acids is 2. The average molecular weight is 368 g/mol. The summed E-state index contributed by atoms with van der Waals surface area (Å²) in [6, 6.07) is 10.8. The van der Waals surface area contributed by atoms with Crippen molar-refractivity contribution in [3.8, 4) is 0 Å². The van der Waals surface area contributed by atoms with Gasteiger partial charge in [-0.05, 0) is 23.8 Å². The summed E-state index contributed by atoms with van der Waals surface area (Å²) in [4.78, 5) is 32.7. The van der Waals surface area contributed by atoms with Crippen LogP contribution in [-0.2, 0) is 11.3 Å². The lowest BCUT2D eigenvalue weighted by molar-refractivity contribution is 0.0341. The fourth-order valence-corrected chi connectivity index (χ4v) is 2.93. The molecule has 7 nitrogen and oxygen atoms in total. The Hall–Kier alpha value is -2.77. The highest BCUT2D eigenvalue weighted by molar-refractivity contribution is 6.05. The first kappa shape index (κ1) is 19.0. The van der Waals surface area contributed by atoms with Crippen molar-refractivity contribution in [2.45, 2.75) is 6.54 Å². The molecule has 0 unspecified atom stereocenters. The van der Waals surface area contributed by atoms with Gasteiger partial charge in [-0.1, -0.05) is 18.2 Å². The second-order valence-corrected chi connectivity index (χ2v) is 6.63. The highest BCUT2D eigenvalue weighted by Gasteiger charge is 2.17. The predicted octanol–water partition coefficient (Wildman–Crippen LogP) is 1.87. The summed E-state index contributed by atoms with van der Waals surface area (Å²) >= 11 is 0. The van der Waals surface area contributed by atoms with E-state index in [1.54, 1.807) is 26.2 Å². The van der Waals surface area contributed by atoms with E-state index in [0.717, 1.165) is 18.7 Å². The van der Waals surface area contributed by atoms with Crippen LogP contribution < -0.4 is 5.32 Å². The van der Waals surface area contributed by atoms with Crippen molar-refractivity contribution >= 4 is 17.5 Å². The Bertz CT molecular complexity index is 816. The summed E-state index contributed by atoms with van der Waals surface area (Å²) in [5.74, 6) is -0.410. The summed E-state index contributed by atoms with van der Waals surface area (Å²) in [5, 5.41) is 2.88. The molecular formula is C20H24N4O3. The highest BCUT2D eigenvalue weighted by Crippen LogP contribution is 2.16. The van der Waals surface area contributed by atoms with Gasteiger partial charge >= 0.3 is 0 Å². The van der Waals surface area contributed by atoms with Gasteiger partial charge in [0.25, 0.3) is 11.8 Å². The first-order valence-corrected chi connectivity index (χ1v) is 8.91. The molecule has 1 aromatic heterocycles. The van der Waals surface area contributed by atoms with Crippen LogP contribution in [0.25, 0.3) is 0 Å². The molecule has 142 valence electrons. The van der Waals surface area contributed by atoms with Crippen LogP contribution in [0.3, 0.4) is 0 Å². The van der Waals surface area contributed by atoms with Crippen LogP contribution in [-0.4, -0.2) is 67.0 Å². The number of carbonyl (C=O) groups is 2. The first-order valence-electron chi connectivity index (χ1n) is 8.91. The second kappa shape index (κ2) is 8.75. The molecule has 1 aliphatic rings. The molecule has 1 saturated heterocycles. The molecule has 7 heteroatoms. The Kier molecular flexibility index (Phi) is 6.16. The third-order valence-electron chi connectivity index (χ3n) is 4.40. The van der Waals surface area contributed by atoms with Crippen molar-refractivity contribution in [3.63, 3.8) is 0 Å². The van der Waals surface area contributed by atoms with Gasteiger partial charge < -0.3 is 15.0 Å². The van der Waals surface area contributed by atoms with Gasteiger partial charge in [-0.25, -0.2) is 0 Å². The van der Waals surface area contributed by atoms with Gasteiger partial charge in [-0.15, -0.1) is 0 Å². The van der Waals surface area contributed by atoms with Crippen LogP contribution in [0.4, 0.5) is 5.69 Å². The maximum Gasteiger partial charge on any atom is 0.272 e. The number of amides is 2. The number of anilines is 1. The van der Waals surface area contributed by atoms with E-state index >= 15 is 0 Å². The van der Waals surface area contributed by atoms with Crippen LogP contribution >= 0.6 is 0 Å². The molecule has 2 aromatic rings. The minimum atomic E-state index is -0.209. The number of nitrogens with zero attached hydrogens (tertiary/aromatic N) is 3. The van der Waals surface area contributed by atoms with E-state index in [4.69, 9.17) is 4.74 Å². The molecule has 2 heterocycles. The molecule has 1 aromatic carbocycles. The van der Waals surface area contributed by atoms with Gasteiger partial charge in [0.1, 0.15) is 5.69 Å². The molecular weight excluding hydrogens is 344 g/mol. The minimum Gasteiger partial charge on any atom is -0.379 e. The van der Waals surface area contributed by atoms with E-state index in [9.17, 15) is 9.59 Å². The van der Waals surface area contributed by atoms with E-state index in [2.05, 4.69) is 15.2 Å². The Labute approximate surface area is 158 Å². The molecule has 0 bridgehead atoms. The number of ether oxygens (including phenoxy) is 1. The van der Waals surface area contributed by atoms with Crippen molar-refractivity contribution in [2.24, 2.45) is 0 Å². The topological polar surface area (TPSA) is 74.8 Å². The number of hydrogen-bond donors (Lipinski definition) is 1. The van der Waals surface area contributed by atoms with Gasteiger partial charge in [-0.2, -0.15) is 0 Å². The molecule has 3 rings (SSSR count). The van der Waals surface area contributed by atoms with Gasteiger partial charge in [-0.3, -0.25) is 19.5 Å². The van der Waals surface area contributed by atoms with Crippen LogP contribution in [0, 0.1) is 0 Å². The number of rotatable bonds is 5. The van der Waals surface area contributed by atoms with Crippen LogP contribution in [0.2, 0.25) is 0 Å². The van der Waals surface area contributed by atoms with Crippen molar-refractivity contribution in [3.05, 3.63) is 59.4 Å². The van der Waals surface area contributed by atoms with Crippen molar-refractivity contribution in [2.75, 3.05) is 45.7 Å².